The van der Waals surface area contributed by atoms with Crippen LogP contribution in [0.25, 0.3) is 0 Å². The molecule has 0 radical (unpaired) electrons. The van der Waals surface area contributed by atoms with Crippen LogP contribution in [0.1, 0.15) is 12.5 Å². The number of hydrogen-bond donors (Lipinski definition) is 3. The number of nitrogens with two attached hydrogens (primary N) is 2. The number of carbonyl (C=O) groups excluding carboxylic acids is 2. The number of ether oxygens (including phenoxy) is 1. The van der Waals surface area contributed by atoms with Crippen molar-refractivity contribution in [3.05, 3.63) is 23.8 Å². The van der Waals surface area contributed by atoms with E-state index in [2.05, 4.69) is 10.1 Å². The summed E-state index contributed by atoms with van der Waals surface area (Å²) in [5.74, 6) is -0.852. The van der Waals surface area contributed by atoms with Gasteiger partial charge >= 0.3 is 12.3 Å². The highest BCUT2D eigenvalue weighted by molar-refractivity contribution is 5.97. The van der Waals surface area contributed by atoms with Gasteiger partial charge in [-0.05, 0) is 25.1 Å². The summed E-state index contributed by atoms with van der Waals surface area (Å²) in [5.41, 5.74) is 8.93. The van der Waals surface area contributed by atoms with E-state index in [1.807, 2.05) is 0 Å². The SMILES string of the molecule is CC(OC(N)=O)C(=O)Nc1cc(C(F)(F)F)ccc1N. The van der Waals surface area contributed by atoms with Crippen molar-refractivity contribution in [2.24, 2.45) is 5.73 Å². The molecule has 1 unspecified atom stereocenters. The van der Waals surface area contributed by atoms with Crippen molar-refractivity contribution in [1.29, 1.82) is 0 Å². The van der Waals surface area contributed by atoms with Gasteiger partial charge in [0.1, 0.15) is 0 Å². The number of anilines is 2. The quantitative estimate of drug-likeness (QED) is 0.737. The Morgan fingerprint density at radius 1 is 1.35 bits per heavy atom. The van der Waals surface area contributed by atoms with Crippen LogP contribution in [0.2, 0.25) is 0 Å². The third-order valence-corrected chi connectivity index (χ3v) is 2.30. The van der Waals surface area contributed by atoms with Crippen molar-refractivity contribution in [2.45, 2.75) is 19.2 Å². The number of nitrogens with one attached hydrogen (secondary N) is 1. The molecule has 0 bridgehead atoms. The zero-order valence-electron chi connectivity index (χ0n) is 10.3. The maximum atomic E-state index is 12.5. The summed E-state index contributed by atoms with van der Waals surface area (Å²) in [6.07, 6.45) is -7.01. The van der Waals surface area contributed by atoms with E-state index in [0.29, 0.717) is 6.07 Å². The minimum absolute atomic E-state index is 0.0578. The maximum absolute atomic E-state index is 12.5. The maximum Gasteiger partial charge on any atom is 0.416 e. The van der Waals surface area contributed by atoms with Gasteiger partial charge in [0, 0.05) is 0 Å². The molecule has 0 saturated heterocycles. The van der Waals surface area contributed by atoms with Crippen molar-refractivity contribution in [3.8, 4) is 0 Å². The second-order valence-electron chi connectivity index (χ2n) is 3.87. The largest absolute Gasteiger partial charge is 0.437 e. The summed E-state index contributed by atoms with van der Waals surface area (Å²) in [5, 5.41) is 2.13. The number of hydrogen-bond acceptors (Lipinski definition) is 4. The lowest BCUT2D eigenvalue weighted by molar-refractivity contribution is -0.137. The highest BCUT2D eigenvalue weighted by atomic mass is 19.4. The molecule has 110 valence electrons. The highest BCUT2D eigenvalue weighted by Gasteiger charge is 2.31. The van der Waals surface area contributed by atoms with E-state index in [1.54, 1.807) is 0 Å². The number of halogens is 3. The summed E-state index contributed by atoms with van der Waals surface area (Å²) in [6.45, 7) is 1.21. The monoisotopic (exact) mass is 291 g/mol. The molecule has 20 heavy (non-hydrogen) atoms. The standard InChI is InChI=1S/C11H12F3N3O3/c1-5(20-10(16)19)9(18)17-8-4-6(11(12,13)14)2-3-7(8)15/h2-5H,15H2,1H3,(H2,16,19)(H,17,18). The van der Waals surface area contributed by atoms with Crippen LogP contribution in [-0.4, -0.2) is 18.1 Å². The van der Waals surface area contributed by atoms with Gasteiger partial charge in [0.2, 0.25) is 0 Å². The van der Waals surface area contributed by atoms with Crippen molar-refractivity contribution < 1.29 is 27.5 Å². The van der Waals surface area contributed by atoms with Crippen molar-refractivity contribution in [3.63, 3.8) is 0 Å². The van der Waals surface area contributed by atoms with Crippen LogP contribution in [0.15, 0.2) is 18.2 Å². The van der Waals surface area contributed by atoms with Gasteiger partial charge in [-0.25, -0.2) is 4.79 Å². The molecule has 0 spiro atoms. The first kappa shape index (κ1) is 15.6. The Hall–Kier alpha value is -2.45. The van der Waals surface area contributed by atoms with Crippen LogP contribution in [0.4, 0.5) is 29.3 Å². The number of alkyl halides is 3. The zero-order chi connectivity index (χ0) is 15.5. The molecular weight excluding hydrogens is 279 g/mol. The van der Waals surface area contributed by atoms with Crippen molar-refractivity contribution >= 4 is 23.4 Å². The first-order chi connectivity index (χ1) is 9.11. The van der Waals surface area contributed by atoms with Gasteiger partial charge < -0.3 is 21.5 Å². The number of benzene rings is 1. The first-order valence-corrected chi connectivity index (χ1v) is 5.35. The average molecular weight is 291 g/mol. The molecule has 2 amide bonds. The fraction of sp³-hybridized carbons (Fsp3) is 0.273. The second kappa shape index (κ2) is 5.68. The molecule has 1 aromatic carbocycles. The van der Waals surface area contributed by atoms with E-state index in [-0.39, 0.29) is 11.4 Å². The molecule has 0 aromatic heterocycles. The topological polar surface area (TPSA) is 107 Å². The summed E-state index contributed by atoms with van der Waals surface area (Å²) < 4.78 is 42.0. The Balaban J connectivity index is 2.92. The van der Waals surface area contributed by atoms with Crippen molar-refractivity contribution in [1.82, 2.24) is 0 Å². The lowest BCUT2D eigenvalue weighted by Gasteiger charge is -2.15. The summed E-state index contributed by atoms with van der Waals surface area (Å²) in [6, 6.07) is 2.48. The lowest BCUT2D eigenvalue weighted by Crippen LogP contribution is -2.32. The van der Waals surface area contributed by atoms with Crippen LogP contribution < -0.4 is 16.8 Å². The van der Waals surface area contributed by atoms with Crippen LogP contribution in [0, 0.1) is 0 Å². The van der Waals surface area contributed by atoms with Crippen LogP contribution in [0.5, 0.6) is 0 Å². The predicted molar refractivity (Wildman–Crippen MR) is 64.6 cm³/mol. The van der Waals surface area contributed by atoms with Gasteiger partial charge in [-0.15, -0.1) is 0 Å². The Morgan fingerprint density at radius 2 is 1.95 bits per heavy atom. The van der Waals surface area contributed by atoms with Crippen LogP contribution >= 0.6 is 0 Å². The van der Waals surface area contributed by atoms with Gasteiger partial charge in [0.05, 0.1) is 16.9 Å². The predicted octanol–water partition coefficient (Wildman–Crippen LogP) is 1.71. The fourth-order valence-corrected chi connectivity index (χ4v) is 1.30. The Labute approximate surface area is 111 Å². The molecule has 0 aliphatic carbocycles. The van der Waals surface area contributed by atoms with Crippen molar-refractivity contribution in [2.75, 3.05) is 11.1 Å². The van der Waals surface area contributed by atoms with E-state index in [4.69, 9.17) is 11.5 Å². The molecule has 0 aliphatic rings. The van der Waals surface area contributed by atoms with Gasteiger partial charge in [0.25, 0.3) is 5.91 Å². The molecule has 0 fully saturated rings. The third-order valence-electron chi connectivity index (χ3n) is 2.30. The molecule has 1 atom stereocenters. The molecule has 6 nitrogen and oxygen atoms in total. The molecule has 0 aliphatic heterocycles. The van der Waals surface area contributed by atoms with Gasteiger partial charge in [-0.3, -0.25) is 4.79 Å². The first-order valence-electron chi connectivity index (χ1n) is 5.35. The smallest absolute Gasteiger partial charge is 0.416 e. The second-order valence-corrected chi connectivity index (χ2v) is 3.87. The average Bonchev–Trinajstić information content (AvgIpc) is 2.29. The molecular formula is C11H12F3N3O3. The summed E-state index contributed by atoms with van der Waals surface area (Å²) in [4.78, 5) is 22.0. The number of amides is 2. The molecule has 1 aromatic rings. The number of rotatable bonds is 3. The Bertz CT molecular complexity index is 531. The molecule has 0 heterocycles. The number of primary amides is 1. The van der Waals surface area contributed by atoms with Gasteiger partial charge in [-0.2, -0.15) is 13.2 Å². The minimum atomic E-state index is -4.57. The van der Waals surface area contributed by atoms with E-state index in [0.717, 1.165) is 12.1 Å². The van der Waals surface area contributed by atoms with Crippen LogP contribution in [-0.2, 0) is 15.7 Å². The van der Waals surface area contributed by atoms with Crippen LogP contribution in [0.3, 0.4) is 0 Å². The lowest BCUT2D eigenvalue weighted by atomic mass is 10.1. The summed E-state index contributed by atoms with van der Waals surface area (Å²) in [7, 11) is 0. The molecule has 5 N–H and O–H groups in total. The molecule has 9 heteroatoms. The van der Waals surface area contributed by atoms with E-state index in [9.17, 15) is 22.8 Å². The van der Waals surface area contributed by atoms with E-state index >= 15 is 0 Å². The molecule has 0 saturated carbocycles. The van der Waals surface area contributed by atoms with E-state index < -0.39 is 29.8 Å². The normalized spacial score (nSPS) is 12.6. The Kier molecular flexibility index (Phi) is 4.43. The molecule has 1 rings (SSSR count). The zero-order valence-corrected chi connectivity index (χ0v) is 10.3. The number of nitrogen functional groups attached to an aromatic ring is 1. The fourth-order valence-electron chi connectivity index (χ4n) is 1.30. The third kappa shape index (κ3) is 4.04. The van der Waals surface area contributed by atoms with E-state index in [1.165, 1.54) is 6.92 Å². The Morgan fingerprint density at radius 3 is 2.45 bits per heavy atom. The van der Waals surface area contributed by atoms with Gasteiger partial charge in [-0.1, -0.05) is 0 Å². The number of carbonyl (C=O) groups is 2. The minimum Gasteiger partial charge on any atom is -0.437 e. The highest BCUT2D eigenvalue weighted by Crippen LogP contribution is 2.33. The van der Waals surface area contributed by atoms with Gasteiger partial charge in [0.15, 0.2) is 6.10 Å². The summed E-state index contributed by atoms with van der Waals surface area (Å²) >= 11 is 0.